The lowest BCUT2D eigenvalue weighted by Crippen LogP contribution is -2.53. The number of hydrogen-bond donors (Lipinski definition) is 1. The van der Waals surface area contributed by atoms with Crippen molar-refractivity contribution in [1.82, 2.24) is 19.8 Å². The highest BCUT2D eigenvalue weighted by molar-refractivity contribution is 5.77. The van der Waals surface area contributed by atoms with Crippen molar-refractivity contribution in [3.63, 3.8) is 0 Å². The maximum Gasteiger partial charge on any atom is 0.389 e. The molecule has 11 heteroatoms. The summed E-state index contributed by atoms with van der Waals surface area (Å²) in [7, 11) is 0. The van der Waals surface area contributed by atoms with Gasteiger partial charge in [-0.2, -0.15) is 18.4 Å². The van der Waals surface area contributed by atoms with Crippen LogP contribution in [0.3, 0.4) is 0 Å². The first-order valence-corrected chi connectivity index (χ1v) is 11.2. The molecule has 1 aliphatic carbocycles. The first-order chi connectivity index (χ1) is 15.3. The fourth-order valence-corrected chi connectivity index (χ4v) is 3.96. The molecule has 1 aromatic heterocycles. The Kier molecular flexibility index (Phi) is 7.07. The first-order valence-electron chi connectivity index (χ1n) is 11.2. The van der Waals surface area contributed by atoms with E-state index in [2.05, 4.69) is 36.0 Å². The number of carbonyl (C=O) groups is 1. The number of piperazine rings is 1. The maximum absolute atomic E-state index is 12.9. The number of amides is 1. The molecule has 1 aromatic rings. The Labute approximate surface area is 191 Å². The van der Waals surface area contributed by atoms with Gasteiger partial charge in [0.05, 0.1) is 6.07 Å². The van der Waals surface area contributed by atoms with E-state index in [4.69, 9.17) is 5.26 Å². The number of rotatable bonds is 7. The van der Waals surface area contributed by atoms with E-state index in [1.807, 2.05) is 11.0 Å². The molecule has 2 heterocycles. The van der Waals surface area contributed by atoms with Crippen LogP contribution in [0.4, 0.5) is 19.0 Å². The third-order valence-electron chi connectivity index (χ3n) is 6.13. The van der Waals surface area contributed by atoms with Gasteiger partial charge in [-0.3, -0.25) is 19.1 Å². The van der Waals surface area contributed by atoms with Crippen molar-refractivity contribution in [2.24, 2.45) is 0 Å². The number of hydrogen-bond acceptors (Lipinski definition) is 6. The molecule has 33 heavy (non-hydrogen) atoms. The highest BCUT2D eigenvalue weighted by atomic mass is 19.4. The Morgan fingerprint density at radius 3 is 2.36 bits per heavy atom. The number of carbonyl (C=O) groups excluding carboxylic acids is 1. The van der Waals surface area contributed by atoms with Crippen molar-refractivity contribution >= 4 is 11.7 Å². The molecule has 0 unspecified atom stereocenters. The van der Waals surface area contributed by atoms with Gasteiger partial charge in [-0.05, 0) is 40.0 Å². The molecule has 0 atom stereocenters. The number of nitrogens with one attached hydrogen (secondary N) is 1. The Morgan fingerprint density at radius 1 is 1.21 bits per heavy atom. The van der Waals surface area contributed by atoms with Gasteiger partial charge in [-0.25, -0.2) is 4.98 Å². The minimum Gasteiger partial charge on any atom is -0.354 e. The molecule has 0 radical (unpaired) electrons. The summed E-state index contributed by atoms with van der Waals surface area (Å²) in [5.41, 5.74) is -1.37. The number of aryl methyl sites for hydroxylation is 1. The van der Waals surface area contributed by atoms with Gasteiger partial charge in [0, 0.05) is 50.6 Å². The fourth-order valence-electron chi connectivity index (χ4n) is 3.96. The van der Waals surface area contributed by atoms with E-state index in [-0.39, 0.29) is 30.7 Å². The number of aromatic nitrogens is 2. The zero-order valence-corrected chi connectivity index (χ0v) is 19.3. The molecule has 2 aliphatic rings. The number of halogens is 3. The normalized spacial score (nSPS) is 18.6. The molecule has 3 rings (SSSR count). The molecular formula is C22H31F3N6O2. The summed E-state index contributed by atoms with van der Waals surface area (Å²) < 4.78 is 39.2. The summed E-state index contributed by atoms with van der Waals surface area (Å²) in [5.74, 6) is 0.0430. The lowest BCUT2D eigenvalue weighted by Gasteiger charge is -2.42. The minimum atomic E-state index is -4.31. The zero-order chi connectivity index (χ0) is 24.4. The zero-order valence-electron chi connectivity index (χ0n) is 19.3. The van der Waals surface area contributed by atoms with Crippen LogP contribution in [-0.2, 0) is 17.8 Å². The molecule has 1 amide bonds. The lowest BCUT2D eigenvalue weighted by atomic mass is 10.1. The van der Waals surface area contributed by atoms with Crippen LogP contribution in [0, 0.1) is 11.3 Å². The average molecular weight is 469 g/mol. The van der Waals surface area contributed by atoms with Gasteiger partial charge < -0.3 is 10.2 Å². The van der Waals surface area contributed by atoms with Crippen molar-refractivity contribution in [1.29, 1.82) is 5.26 Å². The van der Waals surface area contributed by atoms with Gasteiger partial charge in [0.25, 0.3) is 5.56 Å². The predicted molar refractivity (Wildman–Crippen MR) is 117 cm³/mol. The second kappa shape index (κ2) is 9.33. The van der Waals surface area contributed by atoms with Crippen molar-refractivity contribution in [3.05, 3.63) is 22.2 Å². The van der Waals surface area contributed by atoms with E-state index in [1.165, 1.54) is 6.07 Å². The van der Waals surface area contributed by atoms with Crippen LogP contribution in [-0.4, -0.2) is 63.8 Å². The summed E-state index contributed by atoms with van der Waals surface area (Å²) in [6, 6.07) is 3.38. The quantitative estimate of drug-likeness (QED) is 0.660. The van der Waals surface area contributed by atoms with Crippen molar-refractivity contribution < 1.29 is 18.0 Å². The van der Waals surface area contributed by atoms with E-state index >= 15 is 0 Å². The Morgan fingerprint density at radius 2 is 1.85 bits per heavy atom. The molecule has 1 N–H and O–H groups in total. The molecule has 2 fully saturated rings. The first kappa shape index (κ1) is 25.0. The molecular weight excluding hydrogens is 437 g/mol. The summed E-state index contributed by atoms with van der Waals surface area (Å²) in [6.45, 7) is 8.83. The Balaban J connectivity index is 1.79. The van der Waals surface area contributed by atoms with E-state index in [0.29, 0.717) is 31.7 Å². The van der Waals surface area contributed by atoms with Gasteiger partial charge in [-0.1, -0.05) is 0 Å². The highest BCUT2D eigenvalue weighted by Gasteiger charge is 2.44. The Bertz CT molecular complexity index is 964. The smallest absolute Gasteiger partial charge is 0.354 e. The second-order valence-corrected chi connectivity index (χ2v) is 9.81. The monoisotopic (exact) mass is 468 g/mol. The molecule has 1 saturated heterocycles. The van der Waals surface area contributed by atoms with Crippen LogP contribution in [0.1, 0.15) is 52.3 Å². The number of nitrogens with zero attached hydrogens (tertiary/aromatic N) is 5. The predicted octanol–water partition coefficient (Wildman–Crippen LogP) is 2.22. The third kappa shape index (κ3) is 6.69. The van der Waals surface area contributed by atoms with Gasteiger partial charge in [0.2, 0.25) is 5.91 Å². The number of alkyl halides is 3. The van der Waals surface area contributed by atoms with Gasteiger partial charge >= 0.3 is 6.18 Å². The highest BCUT2D eigenvalue weighted by Crippen LogP contribution is 2.34. The Hall–Kier alpha value is -2.61. The topological polar surface area (TPSA) is 94.3 Å². The van der Waals surface area contributed by atoms with Crippen LogP contribution >= 0.6 is 0 Å². The summed E-state index contributed by atoms with van der Waals surface area (Å²) in [5, 5.41) is 11.8. The van der Waals surface area contributed by atoms with Gasteiger partial charge in [0.15, 0.2) is 0 Å². The molecule has 0 spiro atoms. The SMILES string of the molecule is CC(C)(C)N1CCN(c2cc(=O)n(CC(=O)NC3(C#N)CC3)c(CCCC(F)(F)F)n2)CC1. The standard InChI is InChI=1S/C22H31F3N6O2/c1-20(2,3)30-11-9-29(10-12-30)17-13-19(33)31(14-18(32)28-21(15-26)7-8-21)16(27-17)5-4-6-22(23,24)25/h13H,4-12,14H2,1-3H3,(H,28,32). The number of anilines is 1. The van der Waals surface area contributed by atoms with E-state index in [0.717, 1.165) is 17.7 Å². The van der Waals surface area contributed by atoms with Crippen molar-refractivity contribution in [2.45, 2.75) is 76.7 Å². The molecule has 182 valence electrons. The summed E-state index contributed by atoms with van der Waals surface area (Å²) in [6.07, 6.45) is -4.54. The summed E-state index contributed by atoms with van der Waals surface area (Å²) >= 11 is 0. The fraction of sp³-hybridized carbons (Fsp3) is 0.727. The van der Waals surface area contributed by atoms with Crippen LogP contribution in [0.2, 0.25) is 0 Å². The van der Waals surface area contributed by atoms with Gasteiger partial charge in [-0.15, -0.1) is 0 Å². The van der Waals surface area contributed by atoms with Crippen molar-refractivity contribution in [2.75, 3.05) is 31.1 Å². The lowest BCUT2D eigenvalue weighted by molar-refractivity contribution is -0.135. The van der Waals surface area contributed by atoms with Crippen LogP contribution in [0.15, 0.2) is 10.9 Å². The molecule has 1 aliphatic heterocycles. The van der Waals surface area contributed by atoms with Crippen LogP contribution in [0.25, 0.3) is 0 Å². The van der Waals surface area contributed by atoms with E-state index in [1.54, 1.807) is 0 Å². The van der Waals surface area contributed by atoms with Crippen LogP contribution < -0.4 is 15.8 Å². The molecule has 8 nitrogen and oxygen atoms in total. The summed E-state index contributed by atoms with van der Waals surface area (Å²) in [4.78, 5) is 34.1. The molecule has 0 aromatic carbocycles. The number of nitriles is 1. The van der Waals surface area contributed by atoms with E-state index in [9.17, 15) is 22.8 Å². The minimum absolute atomic E-state index is 0.0153. The molecule has 0 bridgehead atoms. The van der Waals surface area contributed by atoms with E-state index < -0.39 is 29.6 Å². The van der Waals surface area contributed by atoms with Crippen molar-refractivity contribution in [3.8, 4) is 6.07 Å². The maximum atomic E-state index is 12.9. The van der Waals surface area contributed by atoms with Crippen LogP contribution in [0.5, 0.6) is 0 Å². The average Bonchev–Trinajstić information content (AvgIpc) is 3.48. The largest absolute Gasteiger partial charge is 0.389 e. The molecule has 1 saturated carbocycles. The third-order valence-corrected chi connectivity index (χ3v) is 6.13. The van der Waals surface area contributed by atoms with Gasteiger partial charge in [0.1, 0.15) is 23.7 Å². The second-order valence-electron chi connectivity index (χ2n) is 9.81.